The quantitative estimate of drug-likeness (QED) is 0.287. The van der Waals surface area contributed by atoms with Crippen LogP contribution in [0.5, 0.6) is 0 Å². The first kappa shape index (κ1) is 26.2. The monoisotopic (exact) mass is 552 g/mol. The lowest BCUT2D eigenvalue weighted by molar-refractivity contribution is 0.165. The molecular weight excluding hydrogens is 520 g/mol. The maximum absolute atomic E-state index is 13.4. The summed E-state index contributed by atoms with van der Waals surface area (Å²) in [4.78, 5) is 32.8. The van der Waals surface area contributed by atoms with Gasteiger partial charge >= 0.3 is 6.03 Å². The summed E-state index contributed by atoms with van der Waals surface area (Å²) >= 11 is 0. The number of piperidine rings is 1. The number of carbonyl (C=O) groups is 1. The molecule has 41 heavy (non-hydrogen) atoms. The Bertz CT molecular complexity index is 1750. The molecule has 1 saturated heterocycles. The molecule has 4 aromatic heterocycles. The summed E-state index contributed by atoms with van der Waals surface area (Å²) in [6.45, 7) is 6.87. The second-order valence-corrected chi connectivity index (χ2v) is 10.5. The highest BCUT2D eigenvalue weighted by Gasteiger charge is 2.27. The Balaban J connectivity index is 1.12. The van der Waals surface area contributed by atoms with Gasteiger partial charge in [0.1, 0.15) is 0 Å². The predicted molar refractivity (Wildman–Crippen MR) is 155 cm³/mol. The van der Waals surface area contributed by atoms with Crippen LogP contribution in [0.25, 0.3) is 16.6 Å². The second kappa shape index (κ2) is 10.9. The van der Waals surface area contributed by atoms with Gasteiger partial charge in [0.2, 0.25) is 0 Å². The molecule has 1 aliphatic rings. The molecule has 12 heteroatoms. The average molecular weight is 553 g/mol. The summed E-state index contributed by atoms with van der Waals surface area (Å²) in [5.74, 6) is 1.92. The van der Waals surface area contributed by atoms with E-state index in [0.29, 0.717) is 43.0 Å². The van der Waals surface area contributed by atoms with Crippen LogP contribution in [0.15, 0.2) is 65.8 Å². The number of hydrogen-bond acceptors (Lipinski definition) is 7. The highest BCUT2D eigenvalue weighted by Crippen LogP contribution is 2.26. The topological polar surface area (TPSA) is 139 Å². The third-order valence-electron chi connectivity index (χ3n) is 7.44. The smallest absolute Gasteiger partial charge is 0.317 e. The van der Waals surface area contributed by atoms with Gasteiger partial charge in [-0.1, -0.05) is 24.3 Å². The van der Waals surface area contributed by atoms with E-state index in [2.05, 4.69) is 30.9 Å². The van der Waals surface area contributed by atoms with E-state index in [1.807, 2.05) is 69.4 Å². The van der Waals surface area contributed by atoms with Crippen molar-refractivity contribution < 1.29 is 4.79 Å². The van der Waals surface area contributed by atoms with E-state index < -0.39 is 0 Å². The van der Waals surface area contributed by atoms with E-state index in [1.165, 1.54) is 0 Å². The van der Waals surface area contributed by atoms with Gasteiger partial charge in [-0.05, 0) is 56.9 Å². The summed E-state index contributed by atoms with van der Waals surface area (Å²) in [6, 6.07) is 12.7. The average Bonchev–Trinajstić information content (AvgIpc) is 3.62. The van der Waals surface area contributed by atoms with Crippen molar-refractivity contribution >= 4 is 28.4 Å². The lowest BCUT2D eigenvalue weighted by atomic mass is 10.0. The van der Waals surface area contributed by atoms with Gasteiger partial charge in [-0.2, -0.15) is 15.3 Å². The van der Waals surface area contributed by atoms with E-state index >= 15 is 0 Å². The van der Waals surface area contributed by atoms with E-state index in [-0.39, 0.29) is 23.7 Å². The minimum atomic E-state index is -0.217. The van der Waals surface area contributed by atoms with E-state index in [0.717, 1.165) is 28.0 Å². The van der Waals surface area contributed by atoms with E-state index in [9.17, 15) is 9.59 Å². The molecule has 0 spiro atoms. The first-order valence-electron chi connectivity index (χ1n) is 13.7. The molecule has 5 aromatic rings. The minimum Gasteiger partial charge on any atom is -0.331 e. The lowest BCUT2D eigenvalue weighted by Gasteiger charge is -2.33. The van der Waals surface area contributed by atoms with Gasteiger partial charge in [0.15, 0.2) is 17.5 Å². The Morgan fingerprint density at radius 1 is 1.07 bits per heavy atom. The summed E-state index contributed by atoms with van der Waals surface area (Å²) in [5, 5.41) is 23.8. The lowest BCUT2D eigenvalue weighted by Crippen LogP contribution is -2.46. The fraction of sp³-hybridized carbons (Fsp3) is 0.310. The first-order valence-corrected chi connectivity index (χ1v) is 13.7. The van der Waals surface area contributed by atoms with E-state index in [4.69, 9.17) is 5.10 Å². The summed E-state index contributed by atoms with van der Waals surface area (Å²) in [7, 11) is 0. The van der Waals surface area contributed by atoms with Gasteiger partial charge in [0.25, 0.3) is 5.56 Å². The normalized spacial score (nSPS) is 14.8. The molecule has 0 saturated carbocycles. The Morgan fingerprint density at radius 3 is 2.51 bits per heavy atom. The predicted octanol–water partition coefficient (Wildman–Crippen LogP) is 4.17. The SMILES string of the molecule is Cc1cnn(-c2ccc([C@H](C)NC(=O)N3CCC(n4nc(Nc5cc(C)[nH]n5)c5ccccc5c4=O)CC3)cn2)c1. The van der Waals surface area contributed by atoms with Crippen LogP contribution < -0.4 is 16.2 Å². The van der Waals surface area contributed by atoms with Crippen LogP contribution in [-0.4, -0.2) is 58.8 Å². The number of hydrogen-bond donors (Lipinski definition) is 3. The number of carbonyl (C=O) groups excluding carboxylic acids is 1. The fourth-order valence-corrected chi connectivity index (χ4v) is 5.15. The molecule has 2 amide bonds. The molecule has 0 unspecified atom stereocenters. The van der Waals surface area contributed by atoms with Crippen LogP contribution in [0.4, 0.5) is 16.4 Å². The molecule has 0 aliphatic carbocycles. The summed E-state index contributed by atoms with van der Waals surface area (Å²) in [5.41, 5.74) is 2.74. The number of H-pyrrole nitrogens is 1. The summed E-state index contributed by atoms with van der Waals surface area (Å²) < 4.78 is 3.29. The third-order valence-corrected chi connectivity index (χ3v) is 7.44. The number of anilines is 2. The molecule has 3 N–H and O–H groups in total. The number of nitrogens with one attached hydrogen (secondary N) is 3. The first-order chi connectivity index (χ1) is 19.9. The third kappa shape index (κ3) is 5.40. The van der Waals surface area contributed by atoms with Crippen LogP contribution in [0.1, 0.15) is 48.7 Å². The maximum atomic E-state index is 13.4. The molecule has 12 nitrogen and oxygen atoms in total. The van der Waals surface area contributed by atoms with Gasteiger partial charge in [-0.15, -0.1) is 0 Å². The number of aromatic amines is 1. The van der Waals surface area contributed by atoms with Crippen molar-refractivity contribution in [3.8, 4) is 5.82 Å². The van der Waals surface area contributed by atoms with Crippen molar-refractivity contribution in [1.82, 2.24) is 45.0 Å². The molecule has 1 atom stereocenters. The highest BCUT2D eigenvalue weighted by molar-refractivity contribution is 5.92. The zero-order valence-corrected chi connectivity index (χ0v) is 23.2. The molecule has 6 rings (SSSR count). The number of pyridine rings is 1. The van der Waals surface area contributed by atoms with Crippen LogP contribution in [0, 0.1) is 13.8 Å². The van der Waals surface area contributed by atoms with Crippen molar-refractivity contribution in [2.45, 2.75) is 45.7 Å². The summed E-state index contributed by atoms with van der Waals surface area (Å²) in [6.07, 6.45) is 6.69. The van der Waals surface area contributed by atoms with Crippen molar-refractivity contribution in [3.63, 3.8) is 0 Å². The molecule has 5 heterocycles. The molecule has 1 aromatic carbocycles. The van der Waals surface area contributed by atoms with Gasteiger partial charge in [0.05, 0.1) is 23.7 Å². The molecule has 210 valence electrons. The largest absolute Gasteiger partial charge is 0.331 e. The van der Waals surface area contributed by atoms with Crippen LogP contribution >= 0.6 is 0 Å². The number of benzene rings is 1. The Kier molecular flexibility index (Phi) is 6.96. The van der Waals surface area contributed by atoms with Gasteiger partial charge < -0.3 is 15.5 Å². The number of urea groups is 1. The van der Waals surface area contributed by atoms with Crippen LogP contribution in [-0.2, 0) is 0 Å². The molecular formula is C29H32N10O2. The number of rotatable bonds is 6. The van der Waals surface area contributed by atoms with Crippen LogP contribution in [0.2, 0.25) is 0 Å². The fourth-order valence-electron chi connectivity index (χ4n) is 5.15. The standard InChI is InChI=1S/C29H32N10O2/c1-18-15-31-38(17-18)26-9-8-21(16-30-26)20(3)32-29(41)37-12-10-22(11-13-37)39-28(40)24-7-5-4-6-23(24)27(36-39)33-25-14-19(2)34-35-25/h4-9,14-17,20,22H,10-13H2,1-3H3,(H,32,41)(H2,33,34,35,36)/t20-/m0/s1. The zero-order valence-electron chi connectivity index (χ0n) is 23.2. The maximum Gasteiger partial charge on any atom is 0.317 e. The van der Waals surface area contributed by atoms with Crippen molar-refractivity contribution in [1.29, 1.82) is 0 Å². The number of aryl methyl sites for hydroxylation is 2. The molecule has 1 fully saturated rings. The van der Waals surface area contributed by atoms with Gasteiger partial charge in [0, 0.05) is 42.6 Å². The zero-order chi connectivity index (χ0) is 28.5. The van der Waals surface area contributed by atoms with Crippen molar-refractivity contribution in [2.24, 2.45) is 0 Å². The minimum absolute atomic E-state index is 0.127. The molecule has 0 bridgehead atoms. The van der Waals surface area contributed by atoms with Gasteiger partial charge in [-0.25, -0.2) is 19.1 Å². The number of fused-ring (bicyclic) bond motifs is 1. The van der Waals surface area contributed by atoms with Crippen molar-refractivity contribution in [3.05, 3.63) is 88.2 Å². The number of amides is 2. The second-order valence-electron chi connectivity index (χ2n) is 10.5. The van der Waals surface area contributed by atoms with E-state index in [1.54, 1.807) is 26.7 Å². The van der Waals surface area contributed by atoms with Crippen LogP contribution in [0.3, 0.4) is 0 Å². The molecule has 0 radical (unpaired) electrons. The Labute approximate surface area is 236 Å². The van der Waals surface area contributed by atoms with Gasteiger partial charge in [-0.3, -0.25) is 9.89 Å². The highest BCUT2D eigenvalue weighted by atomic mass is 16.2. The Hall–Kier alpha value is -5.00. The number of likely N-dealkylation sites (tertiary alicyclic amines) is 1. The number of nitrogens with zero attached hydrogens (tertiary/aromatic N) is 7. The Morgan fingerprint density at radius 2 is 1.85 bits per heavy atom. The molecule has 1 aliphatic heterocycles. The number of aromatic nitrogens is 7. The van der Waals surface area contributed by atoms with Crippen molar-refractivity contribution in [2.75, 3.05) is 18.4 Å².